The molecule has 2 aliphatic carbocycles. The highest BCUT2D eigenvalue weighted by Gasteiger charge is 2.18. The predicted octanol–water partition coefficient (Wildman–Crippen LogP) is 5.17. The second-order valence-corrected chi connectivity index (χ2v) is 10.4. The lowest BCUT2D eigenvalue weighted by Crippen LogP contribution is -2.36. The first-order valence-corrected chi connectivity index (χ1v) is 13.9. The molecule has 2 aromatic rings. The molecule has 0 atom stereocenters. The molecule has 0 radical (unpaired) electrons. The Kier molecular flexibility index (Phi) is 9.90. The Hall–Kier alpha value is -3.68. The number of carbonyl (C=O) groups is 4. The lowest BCUT2D eigenvalue weighted by atomic mass is 9.95. The zero-order valence-electron chi connectivity index (χ0n) is 21.9. The number of carbonyl (C=O) groups excluding carboxylic acids is 4. The fraction of sp³-hybridized carbons (Fsp3) is 0.467. The lowest BCUT2D eigenvalue weighted by Gasteiger charge is -2.22. The summed E-state index contributed by atoms with van der Waals surface area (Å²) in [6.45, 7) is 0. The van der Waals surface area contributed by atoms with Crippen LogP contribution in [0, 0.1) is 0 Å². The van der Waals surface area contributed by atoms with E-state index < -0.39 is 0 Å². The Morgan fingerprint density at radius 2 is 0.868 bits per heavy atom. The van der Waals surface area contributed by atoms with E-state index in [2.05, 4.69) is 21.3 Å². The quantitative estimate of drug-likeness (QED) is 0.366. The van der Waals surface area contributed by atoms with E-state index in [1.807, 2.05) is 0 Å². The number of benzene rings is 2. The molecule has 4 amide bonds. The normalized spacial score (nSPS) is 16.3. The molecule has 2 aromatic carbocycles. The van der Waals surface area contributed by atoms with Crippen molar-refractivity contribution in [3.63, 3.8) is 0 Å². The van der Waals surface area contributed by atoms with Gasteiger partial charge in [-0.15, -0.1) is 0 Å². The van der Waals surface area contributed by atoms with Crippen molar-refractivity contribution in [3.05, 3.63) is 59.7 Å². The number of hydrogen-bond acceptors (Lipinski definition) is 4. The van der Waals surface area contributed by atoms with Gasteiger partial charge < -0.3 is 21.3 Å². The van der Waals surface area contributed by atoms with Gasteiger partial charge in [-0.2, -0.15) is 0 Å². The van der Waals surface area contributed by atoms with Crippen LogP contribution in [0.2, 0.25) is 0 Å². The van der Waals surface area contributed by atoms with Crippen LogP contribution in [0.4, 0.5) is 11.4 Å². The van der Waals surface area contributed by atoms with Gasteiger partial charge in [0.15, 0.2) is 0 Å². The number of amides is 4. The molecular formula is C30H38N4O4. The molecule has 0 aromatic heterocycles. The molecule has 0 unspecified atom stereocenters. The first kappa shape index (κ1) is 27.4. The van der Waals surface area contributed by atoms with Crippen molar-refractivity contribution in [1.29, 1.82) is 0 Å². The highest BCUT2D eigenvalue weighted by molar-refractivity contribution is 5.99. The molecule has 2 aliphatic rings. The van der Waals surface area contributed by atoms with Crippen LogP contribution < -0.4 is 21.3 Å². The van der Waals surface area contributed by atoms with Crippen molar-refractivity contribution in [2.24, 2.45) is 0 Å². The van der Waals surface area contributed by atoms with Crippen molar-refractivity contribution < 1.29 is 19.2 Å². The average molecular weight is 519 g/mol. The van der Waals surface area contributed by atoms with Gasteiger partial charge in [0, 0.05) is 47.4 Å². The largest absolute Gasteiger partial charge is 0.349 e. The summed E-state index contributed by atoms with van der Waals surface area (Å²) in [4.78, 5) is 49.5. The maximum Gasteiger partial charge on any atom is 0.251 e. The molecule has 4 N–H and O–H groups in total. The second kappa shape index (κ2) is 13.7. The predicted molar refractivity (Wildman–Crippen MR) is 148 cm³/mol. The van der Waals surface area contributed by atoms with E-state index in [0.29, 0.717) is 22.5 Å². The zero-order chi connectivity index (χ0) is 26.7. The van der Waals surface area contributed by atoms with Crippen molar-refractivity contribution in [1.82, 2.24) is 10.6 Å². The van der Waals surface area contributed by atoms with Crippen LogP contribution in [-0.2, 0) is 9.59 Å². The maximum absolute atomic E-state index is 12.4. The topological polar surface area (TPSA) is 116 Å². The Morgan fingerprint density at radius 3 is 1.21 bits per heavy atom. The molecule has 0 spiro atoms. The molecule has 0 heterocycles. The summed E-state index contributed by atoms with van der Waals surface area (Å²) in [6, 6.07) is 14.0. The molecule has 8 heteroatoms. The fourth-order valence-electron chi connectivity index (χ4n) is 5.12. The maximum atomic E-state index is 12.4. The van der Waals surface area contributed by atoms with Crippen LogP contribution in [0.15, 0.2) is 48.5 Å². The Balaban J connectivity index is 1.16. The van der Waals surface area contributed by atoms with E-state index in [1.54, 1.807) is 48.5 Å². The standard InChI is InChI=1S/C30H38N4O4/c35-27(31-25-15-11-21(12-16-25)29(37)33-23-7-3-1-4-8-23)19-20-28(36)32-26-17-13-22(14-18-26)30(38)34-24-9-5-2-6-10-24/h11-18,23-24H,1-10,19-20H2,(H,31,35)(H,32,36)(H,33,37)(H,34,38). The summed E-state index contributed by atoms with van der Waals surface area (Å²) >= 11 is 0. The van der Waals surface area contributed by atoms with Gasteiger partial charge in [-0.25, -0.2) is 0 Å². The average Bonchev–Trinajstić information content (AvgIpc) is 2.94. The first-order chi connectivity index (χ1) is 18.5. The van der Waals surface area contributed by atoms with Crippen LogP contribution in [0.3, 0.4) is 0 Å². The second-order valence-electron chi connectivity index (χ2n) is 10.4. The Labute approximate surface area is 224 Å². The van der Waals surface area contributed by atoms with Crippen LogP contribution in [0.25, 0.3) is 0 Å². The van der Waals surface area contributed by atoms with Gasteiger partial charge in [0.05, 0.1) is 0 Å². The third-order valence-electron chi connectivity index (χ3n) is 7.32. The number of nitrogens with one attached hydrogen (secondary N) is 4. The summed E-state index contributed by atoms with van der Waals surface area (Å²) in [5, 5.41) is 11.7. The number of anilines is 2. The van der Waals surface area contributed by atoms with E-state index in [0.717, 1.165) is 51.4 Å². The SMILES string of the molecule is O=C(CCC(=O)Nc1ccc(C(=O)NC2CCCCC2)cc1)Nc1ccc(C(=O)NC2CCCCC2)cc1. The summed E-state index contributed by atoms with van der Waals surface area (Å²) in [7, 11) is 0. The summed E-state index contributed by atoms with van der Waals surface area (Å²) in [6.07, 6.45) is 11.2. The number of hydrogen-bond donors (Lipinski definition) is 4. The minimum Gasteiger partial charge on any atom is -0.349 e. The minimum atomic E-state index is -0.283. The smallest absolute Gasteiger partial charge is 0.251 e. The van der Waals surface area contributed by atoms with Crippen LogP contribution in [0.5, 0.6) is 0 Å². The molecule has 8 nitrogen and oxygen atoms in total. The molecule has 38 heavy (non-hydrogen) atoms. The third kappa shape index (κ3) is 8.43. The lowest BCUT2D eigenvalue weighted by molar-refractivity contribution is -0.121. The monoisotopic (exact) mass is 518 g/mol. The van der Waals surface area contributed by atoms with E-state index in [-0.39, 0.29) is 48.6 Å². The molecule has 0 bridgehead atoms. The molecule has 2 fully saturated rings. The first-order valence-electron chi connectivity index (χ1n) is 13.9. The van der Waals surface area contributed by atoms with Gasteiger partial charge in [-0.05, 0) is 74.2 Å². The molecule has 0 aliphatic heterocycles. The van der Waals surface area contributed by atoms with Crippen molar-refractivity contribution >= 4 is 35.0 Å². The van der Waals surface area contributed by atoms with Crippen molar-refractivity contribution in [2.75, 3.05) is 10.6 Å². The molecule has 0 saturated heterocycles. The highest BCUT2D eigenvalue weighted by Crippen LogP contribution is 2.19. The summed E-state index contributed by atoms with van der Waals surface area (Å²) in [5.74, 6) is -0.753. The van der Waals surface area contributed by atoms with Gasteiger partial charge in [0.2, 0.25) is 11.8 Å². The van der Waals surface area contributed by atoms with E-state index in [1.165, 1.54) is 12.8 Å². The van der Waals surface area contributed by atoms with Crippen LogP contribution in [-0.4, -0.2) is 35.7 Å². The van der Waals surface area contributed by atoms with E-state index in [4.69, 9.17) is 0 Å². The van der Waals surface area contributed by atoms with Crippen LogP contribution in [0.1, 0.15) is 97.8 Å². The van der Waals surface area contributed by atoms with Gasteiger partial charge in [-0.1, -0.05) is 38.5 Å². The molecule has 202 valence electrons. The Bertz CT molecular complexity index is 1010. The van der Waals surface area contributed by atoms with Crippen molar-refractivity contribution in [2.45, 2.75) is 89.1 Å². The molecule has 2 saturated carbocycles. The van der Waals surface area contributed by atoms with Crippen LogP contribution >= 0.6 is 0 Å². The molecule has 4 rings (SSSR count). The summed E-state index contributed by atoms with van der Waals surface area (Å²) in [5.41, 5.74) is 2.27. The van der Waals surface area contributed by atoms with Gasteiger partial charge in [-0.3, -0.25) is 19.2 Å². The van der Waals surface area contributed by atoms with Gasteiger partial charge >= 0.3 is 0 Å². The fourth-order valence-corrected chi connectivity index (χ4v) is 5.12. The Morgan fingerprint density at radius 1 is 0.526 bits per heavy atom. The zero-order valence-corrected chi connectivity index (χ0v) is 21.9. The minimum absolute atomic E-state index is 0.0254. The summed E-state index contributed by atoms with van der Waals surface area (Å²) < 4.78 is 0. The van der Waals surface area contributed by atoms with Gasteiger partial charge in [0.1, 0.15) is 0 Å². The number of rotatable bonds is 9. The molecular weight excluding hydrogens is 480 g/mol. The van der Waals surface area contributed by atoms with Crippen molar-refractivity contribution in [3.8, 4) is 0 Å². The van der Waals surface area contributed by atoms with Gasteiger partial charge in [0.25, 0.3) is 11.8 Å². The van der Waals surface area contributed by atoms with E-state index in [9.17, 15) is 19.2 Å². The highest BCUT2D eigenvalue weighted by atomic mass is 16.2. The third-order valence-corrected chi connectivity index (χ3v) is 7.32. The van der Waals surface area contributed by atoms with E-state index >= 15 is 0 Å².